The molecule has 0 heterocycles. The molecular weight excluding hydrogens is 360 g/mol. The number of carbonyl (C=O) groups is 2. The van der Waals surface area contributed by atoms with Gasteiger partial charge >= 0.3 is 0 Å². The molecule has 0 fully saturated rings. The molecular formula is C21H26N2O5. The van der Waals surface area contributed by atoms with Gasteiger partial charge in [0.25, 0.3) is 11.8 Å². The average molecular weight is 386 g/mol. The monoisotopic (exact) mass is 386 g/mol. The van der Waals surface area contributed by atoms with Gasteiger partial charge in [0.05, 0.1) is 20.8 Å². The lowest BCUT2D eigenvalue weighted by Gasteiger charge is -2.13. The highest BCUT2D eigenvalue weighted by atomic mass is 16.5. The Labute approximate surface area is 165 Å². The Morgan fingerprint density at radius 3 is 2.04 bits per heavy atom. The lowest BCUT2D eigenvalue weighted by Crippen LogP contribution is -2.41. The molecule has 150 valence electrons. The number of ether oxygens (including phenoxy) is 3. The molecule has 2 rings (SSSR count). The SMILES string of the molecule is COc1ccc(C(=O)NNC(=O)c2ccc(OCCC(C)C)c(OC)c2)cc1. The van der Waals surface area contributed by atoms with Gasteiger partial charge in [-0.3, -0.25) is 20.4 Å². The molecule has 0 aromatic heterocycles. The average Bonchev–Trinajstić information content (AvgIpc) is 2.71. The van der Waals surface area contributed by atoms with Crippen molar-refractivity contribution in [1.82, 2.24) is 10.9 Å². The Morgan fingerprint density at radius 1 is 0.857 bits per heavy atom. The fraction of sp³-hybridized carbons (Fsp3) is 0.333. The van der Waals surface area contributed by atoms with E-state index >= 15 is 0 Å². The molecule has 0 unspecified atom stereocenters. The molecule has 0 atom stereocenters. The molecule has 2 amide bonds. The Balaban J connectivity index is 1.96. The summed E-state index contributed by atoms with van der Waals surface area (Å²) in [5.41, 5.74) is 5.50. The van der Waals surface area contributed by atoms with Crippen molar-refractivity contribution < 1.29 is 23.8 Å². The lowest BCUT2D eigenvalue weighted by molar-refractivity contribution is 0.0846. The maximum atomic E-state index is 12.3. The molecule has 0 aliphatic rings. The second-order valence-electron chi connectivity index (χ2n) is 6.53. The zero-order chi connectivity index (χ0) is 20.5. The van der Waals surface area contributed by atoms with Gasteiger partial charge in [-0.25, -0.2) is 0 Å². The summed E-state index contributed by atoms with van der Waals surface area (Å²) in [6, 6.07) is 11.4. The first-order chi connectivity index (χ1) is 13.4. The van der Waals surface area contributed by atoms with Crippen molar-refractivity contribution in [1.29, 1.82) is 0 Å². The standard InChI is InChI=1S/C21H26N2O5/c1-14(2)11-12-28-18-10-7-16(13-19(18)27-4)21(25)23-22-20(24)15-5-8-17(26-3)9-6-15/h5-10,13-14H,11-12H2,1-4H3,(H,22,24)(H,23,25). The predicted octanol–water partition coefficient (Wildman–Crippen LogP) is 3.20. The fourth-order valence-electron chi connectivity index (χ4n) is 2.33. The molecule has 0 aliphatic heterocycles. The van der Waals surface area contributed by atoms with E-state index < -0.39 is 11.8 Å². The Bertz CT molecular complexity index is 803. The number of carbonyl (C=O) groups excluding carboxylic acids is 2. The summed E-state index contributed by atoms with van der Waals surface area (Å²) in [5, 5.41) is 0. The molecule has 2 aromatic rings. The van der Waals surface area contributed by atoms with Crippen molar-refractivity contribution in [2.75, 3.05) is 20.8 Å². The minimum absolute atomic E-state index is 0.336. The second kappa shape index (κ2) is 10.2. The first-order valence-electron chi connectivity index (χ1n) is 9.00. The summed E-state index contributed by atoms with van der Waals surface area (Å²) in [6.07, 6.45) is 0.919. The predicted molar refractivity (Wildman–Crippen MR) is 106 cm³/mol. The van der Waals surface area contributed by atoms with Crippen molar-refractivity contribution in [3.63, 3.8) is 0 Å². The topological polar surface area (TPSA) is 85.9 Å². The van der Waals surface area contributed by atoms with E-state index in [4.69, 9.17) is 14.2 Å². The number of hydrogen-bond acceptors (Lipinski definition) is 5. The summed E-state index contributed by atoms with van der Waals surface area (Å²) in [6.45, 7) is 4.81. The van der Waals surface area contributed by atoms with Crippen LogP contribution in [-0.4, -0.2) is 32.6 Å². The summed E-state index contributed by atoms with van der Waals surface area (Å²) in [7, 11) is 3.06. The van der Waals surface area contributed by atoms with Gasteiger partial charge in [0.15, 0.2) is 11.5 Å². The third-order valence-electron chi connectivity index (χ3n) is 4.02. The quantitative estimate of drug-likeness (QED) is 0.681. The van der Waals surface area contributed by atoms with Crippen LogP contribution in [-0.2, 0) is 0 Å². The summed E-state index contributed by atoms with van der Waals surface area (Å²) in [4.78, 5) is 24.4. The van der Waals surface area contributed by atoms with Gasteiger partial charge in [-0.2, -0.15) is 0 Å². The number of amides is 2. The first-order valence-corrected chi connectivity index (χ1v) is 9.00. The molecule has 28 heavy (non-hydrogen) atoms. The van der Waals surface area contributed by atoms with Crippen LogP contribution >= 0.6 is 0 Å². The van der Waals surface area contributed by atoms with Gasteiger partial charge in [-0.05, 0) is 54.8 Å². The minimum Gasteiger partial charge on any atom is -0.497 e. The number of benzene rings is 2. The highest BCUT2D eigenvalue weighted by Gasteiger charge is 2.13. The highest BCUT2D eigenvalue weighted by molar-refractivity contribution is 5.99. The molecule has 7 heteroatoms. The Kier molecular flexibility index (Phi) is 7.68. The van der Waals surface area contributed by atoms with Crippen LogP contribution < -0.4 is 25.1 Å². The molecule has 0 bridgehead atoms. The van der Waals surface area contributed by atoms with E-state index in [1.54, 1.807) is 49.6 Å². The summed E-state index contributed by atoms with van der Waals surface area (Å²) >= 11 is 0. The molecule has 0 aliphatic carbocycles. The van der Waals surface area contributed by atoms with Crippen LogP contribution in [0.5, 0.6) is 17.2 Å². The number of hydrazine groups is 1. The van der Waals surface area contributed by atoms with Gasteiger partial charge < -0.3 is 14.2 Å². The second-order valence-corrected chi connectivity index (χ2v) is 6.53. The number of hydrogen-bond donors (Lipinski definition) is 2. The first kappa shape index (κ1) is 21.1. The van der Waals surface area contributed by atoms with E-state index in [1.165, 1.54) is 7.11 Å². The molecule has 2 aromatic carbocycles. The zero-order valence-corrected chi connectivity index (χ0v) is 16.6. The van der Waals surface area contributed by atoms with Crippen LogP contribution in [0.1, 0.15) is 41.0 Å². The van der Waals surface area contributed by atoms with Crippen LogP contribution in [0.15, 0.2) is 42.5 Å². The fourth-order valence-corrected chi connectivity index (χ4v) is 2.33. The van der Waals surface area contributed by atoms with E-state index in [0.717, 1.165) is 6.42 Å². The van der Waals surface area contributed by atoms with Crippen LogP contribution in [0.4, 0.5) is 0 Å². The smallest absolute Gasteiger partial charge is 0.269 e. The molecule has 0 spiro atoms. The molecule has 7 nitrogen and oxygen atoms in total. The summed E-state index contributed by atoms with van der Waals surface area (Å²) < 4.78 is 16.1. The van der Waals surface area contributed by atoms with Crippen molar-refractivity contribution in [2.45, 2.75) is 20.3 Å². The Morgan fingerprint density at radius 2 is 1.46 bits per heavy atom. The number of nitrogens with one attached hydrogen (secondary N) is 2. The van der Waals surface area contributed by atoms with Crippen LogP contribution in [0.25, 0.3) is 0 Å². The van der Waals surface area contributed by atoms with Crippen LogP contribution in [0.2, 0.25) is 0 Å². The normalized spacial score (nSPS) is 10.3. The van der Waals surface area contributed by atoms with Crippen molar-refractivity contribution in [3.05, 3.63) is 53.6 Å². The third kappa shape index (κ3) is 5.90. The van der Waals surface area contributed by atoms with Crippen molar-refractivity contribution in [3.8, 4) is 17.2 Å². The van der Waals surface area contributed by atoms with E-state index in [9.17, 15) is 9.59 Å². The van der Waals surface area contributed by atoms with Gasteiger partial charge in [0.1, 0.15) is 5.75 Å². The minimum atomic E-state index is -0.464. The number of rotatable bonds is 8. The largest absolute Gasteiger partial charge is 0.497 e. The van der Waals surface area contributed by atoms with E-state index in [2.05, 4.69) is 24.7 Å². The highest BCUT2D eigenvalue weighted by Crippen LogP contribution is 2.28. The van der Waals surface area contributed by atoms with E-state index in [-0.39, 0.29) is 0 Å². The molecule has 2 N–H and O–H groups in total. The van der Waals surface area contributed by atoms with E-state index in [0.29, 0.717) is 40.9 Å². The molecule has 0 radical (unpaired) electrons. The van der Waals surface area contributed by atoms with Gasteiger partial charge in [0.2, 0.25) is 0 Å². The van der Waals surface area contributed by atoms with Gasteiger partial charge in [0, 0.05) is 11.1 Å². The van der Waals surface area contributed by atoms with Gasteiger partial charge in [-0.1, -0.05) is 13.8 Å². The molecule has 0 saturated heterocycles. The maximum Gasteiger partial charge on any atom is 0.269 e. The van der Waals surface area contributed by atoms with E-state index in [1.807, 2.05) is 0 Å². The Hall–Kier alpha value is -3.22. The number of methoxy groups -OCH3 is 2. The van der Waals surface area contributed by atoms with Crippen molar-refractivity contribution >= 4 is 11.8 Å². The van der Waals surface area contributed by atoms with Crippen LogP contribution in [0.3, 0.4) is 0 Å². The summed E-state index contributed by atoms with van der Waals surface area (Å²) in [5.74, 6) is 1.30. The van der Waals surface area contributed by atoms with Gasteiger partial charge in [-0.15, -0.1) is 0 Å². The zero-order valence-electron chi connectivity index (χ0n) is 16.6. The van der Waals surface area contributed by atoms with Crippen LogP contribution in [0, 0.1) is 5.92 Å². The third-order valence-corrected chi connectivity index (χ3v) is 4.02. The maximum absolute atomic E-state index is 12.3. The molecule has 0 saturated carbocycles. The van der Waals surface area contributed by atoms with Crippen molar-refractivity contribution in [2.24, 2.45) is 5.92 Å². The lowest BCUT2D eigenvalue weighted by atomic mass is 10.1.